The Kier molecular flexibility index (Phi) is 4.30. The van der Waals surface area contributed by atoms with E-state index in [4.69, 9.17) is 5.73 Å². The van der Waals surface area contributed by atoms with E-state index >= 15 is 0 Å². The van der Waals surface area contributed by atoms with Crippen LogP contribution in [-0.4, -0.2) is 17.4 Å². The van der Waals surface area contributed by atoms with Gasteiger partial charge < -0.3 is 11.1 Å². The predicted molar refractivity (Wildman–Crippen MR) is 75.8 cm³/mol. The summed E-state index contributed by atoms with van der Waals surface area (Å²) in [6.45, 7) is 2.21. The number of anilines is 1. The molecule has 0 unspecified atom stereocenters. The number of hydrogen-bond donors (Lipinski definition) is 2. The molecule has 20 heavy (non-hydrogen) atoms. The fourth-order valence-electron chi connectivity index (χ4n) is 1.94. The summed E-state index contributed by atoms with van der Waals surface area (Å²) in [7, 11) is 0. The monoisotopic (exact) mass is 273 g/mol. The van der Waals surface area contributed by atoms with E-state index < -0.39 is 0 Å². The summed E-state index contributed by atoms with van der Waals surface area (Å²) in [4.78, 5) is 15.9. The molecule has 4 nitrogen and oxygen atoms in total. The fourth-order valence-corrected chi connectivity index (χ4v) is 1.94. The minimum absolute atomic E-state index is 0.210. The molecule has 0 radical (unpaired) electrons. The number of carbonyl (C=O) groups excluding carboxylic acids is 1. The third-order valence-electron chi connectivity index (χ3n) is 2.82. The van der Waals surface area contributed by atoms with Crippen molar-refractivity contribution in [3.63, 3.8) is 0 Å². The lowest BCUT2D eigenvalue weighted by Crippen LogP contribution is -2.26. The van der Waals surface area contributed by atoms with Crippen LogP contribution in [0.3, 0.4) is 0 Å². The summed E-state index contributed by atoms with van der Waals surface area (Å²) in [5, 5.41) is 2.78. The zero-order chi connectivity index (χ0) is 14.5. The number of nitrogen functional groups attached to an aromatic ring is 1. The number of halogens is 1. The highest BCUT2D eigenvalue weighted by Gasteiger charge is 2.07. The number of aromatic nitrogens is 1. The Bertz CT molecular complexity index is 608. The number of nitrogens with zero attached hydrogens (tertiary/aromatic N) is 1. The number of hydrogen-bond acceptors (Lipinski definition) is 3. The Balaban J connectivity index is 1.92. The van der Waals surface area contributed by atoms with Crippen molar-refractivity contribution in [3.8, 4) is 0 Å². The first kappa shape index (κ1) is 14.0. The lowest BCUT2D eigenvalue weighted by molar-refractivity contribution is 0.0954. The van der Waals surface area contributed by atoms with Gasteiger partial charge in [0.25, 0.3) is 5.91 Å². The number of benzene rings is 1. The van der Waals surface area contributed by atoms with Gasteiger partial charge in [-0.1, -0.05) is 12.1 Å². The average Bonchev–Trinajstić information content (AvgIpc) is 2.37. The zero-order valence-corrected chi connectivity index (χ0v) is 11.2. The molecule has 0 saturated heterocycles. The highest BCUT2D eigenvalue weighted by atomic mass is 19.1. The summed E-state index contributed by atoms with van der Waals surface area (Å²) >= 11 is 0. The van der Waals surface area contributed by atoms with Crippen LogP contribution in [0.4, 0.5) is 10.2 Å². The first-order valence-electron chi connectivity index (χ1n) is 6.31. The van der Waals surface area contributed by atoms with Crippen molar-refractivity contribution >= 4 is 11.7 Å². The van der Waals surface area contributed by atoms with Crippen LogP contribution in [0.5, 0.6) is 0 Å². The number of pyridine rings is 1. The van der Waals surface area contributed by atoms with Crippen LogP contribution in [0.1, 0.15) is 21.6 Å². The predicted octanol–water partition coefficient (Wildman–Crippen LogP) is 2.08. The molecule has 3 N–H and O–H groups in total. The second-order valence-electron chi connectivity index (χ2n) is 4.56. The summed E-state index contributed by atoms with van der Waals surface area (Å²) < 4.78 is 13.0. The van der Waals surface area contributed by atoms with Gasteiger partial charge in [-0.15, -0.1) is 0 Å². The van der Waals surface area contributed by atoms with Crippen LogP contribution in [0.25, 0.3) is 0 Å². The van der Waals surface area contributed by atoms with Crippen LogP contribution in [0, 0.1) is 12.7 Å². The van der Waals surface area contributed by atoms with Crippen molar-refractivity contribution in [1.82, 2.24) is 10.3 Å². The van der Waals surface area contributed by atoms with Crippen LogP contribution in [-0.2, 0) is 6.42 Å². The second kappa shape index (κ2) is 6.14. The molecule has 0 aliphatic heterocycles. The highest BCUT2D eigenvalue weighted by molar-refractivity contribution is 5.94. The summed E-state index contributed by atoms with van der Waals surface area (Å²) in [5.41, 5.74) is 7.62. The SMILES string of the molecule is Cc1cc(C(=O)NCCc2cccc(F)c2)cc(N)n1. The molecule has 1 heterocycles. The maximum absolute atomic E-state index is 13.0. The van der Waals surface area contributed by atoms with E-state index in [0.717, 1.165) is 5.56 Å². The van der Waals surface area contributed by atoms with Gasteiger partial charge in [0.1, 0.15) is 11.6 Å². The van der Waals surface area contributed by atoms with E-state index in [9.17, 15) is 9.18 Å². The number of rotatable bonds is 4. The smallest absolute Gasteiger partial charge is 0.251 e. The second-order valence-corrected chi connectivity index (χ2v) is 4.56. The Morgan fingerprint density at radius 1 is 1.35 bits per heavy atom. The molecule has 0 spiro atoms. The zero-order valence-electron chi connectivity index (χ0n) is 11.2. The maximum atomic E-state index is 13.0. The van der Waals surface area contributed by atoms with Gasteiger partial charge in [0, 0.05) is 17.8 Å². The van der Waals surface area contributed by atoms with Gasteiger partial charge in [0.05, 0.1) is 0 Å². The maximum Gasteiger partial charge on any atom is 0.251 e. The van der Waals surface area contributed by atoms with Gasteiger partial charge in [0.15, 0.2) is 0 Å². The number of nitrogens with two attached hydrogens (primary N) is 1. The minimum atomic E-state index is -0.272. The first-order valence-corrected chi connectivity index (χ1v) is 6.31. The van der Waals surface area contributed by atoms with Crippen molar-refractivity contribution in [1.29, 1.82) is 0 Å². The lowest BCUT2D eigenvalue weighted by atomic mass is 10.1. The van der Waals surface area contributed by atoms with Gasteiger partial charge in [-0.25, -0.2) is 9.37 Å². The van der Waals surface area contributed by atoms with Crippen molar-refractivity contribution in [2.75, 3.05) is 12.3 Å². The van der Waals surface area contributed by atoms with E-state index in [1.54, 1.807) is 19.1 Å². The van der Waals surface area contributed by atoms with Crippen molar-refractivity contribution < 1.29 is 9.18 Å². The fraction of sp³-hybridized carbons (Fsp3) is 0.200. The molecule has 0 bridgehead atoms. The van der Waals surface area contributed by atoms with Crippen LogP contribution < -0.4 is 11.1 Å². The van der Waals surface area contributed by atoms with Gasteiger partial charge in [-0.3, -0.25) is 4.79 Å². The standard InChI is InChI=1S/C15H16FN3O/c1-10-7-12(9-14(17)19-10)15(20)18-6-5-11-3-2-4-13(16)8-11/h2-4,7-9H,5-6H2,1H3,(H2,17,19)(H,18,20). The number of amides is 1. The molecule has 2 aromatic rings. The normalized spacial score (nSPS) is 10.3. The summed E-state index contributed by atoms with van der Waals surface area (Å²) in [6, 6.07) is 9.53. The molecule has 0 aliphatic carbocycles. The van der Waals surface area contributed by atoms with Crippen LogP contribution in [0.15, 0.2) is 36.4 Å². The highest BCUT2D eigenvalue weighted by Crippen LogP contribution is 2.07. The van der Waals surface area contributed by atoms with E-state index in [1.165, 1.54) is 18.2 Å². The molecule has 1 aromatic heterocycles. The first-order chi connectivity index (χ1) is 9.54. The van der Waals surface area contributed by atoms with Crippen molar-refractivity contribution in [3.05, 3.63) is 59.0 Å². The molecule has 1 amide bonds. The summed E-state index contributed by atoms with van der Waals surface area (Å²) in [6.07, 6.45) is 0.572. The molecule has 0 atom stereocenters. The molecule has 5 heteroatoms. The molecular formula is C15H16FN3O. The van der Waals surface area contributed by atoms with E-state index in [2.05, 4.69) is 10.3 Å². The Morgan fingerprint density at radius 3 is 2.85 bits per heavy atom. The average molecular weight is 273 g/mol. The van der Waals surface area contributed by atoms with Gasteiger partial charge in [0.2, 0.25) is 0 Å². The third-order valence-corrected chi connectivity index (χ3v) is 2.82. The van der Waals surface area contributed by atoms with Crippen molar-refractivity contribution in [2.45, 2.75) is 13.3 Å². The number of carbonyl (C=O) groups is 1. The quantitative estimate of drug-likeness (QED) is 0.896. The molecule has 0 saturated carbocycles. The number of aryl methyl sites for hydroxylation is 1. The van der Waals surface area contributed by atoms with Gasteiger partial charge in [-0.2, -0.15) is 0 Å². The third kappa shape index (κ3) is 3.78. The minimum Gasteiger partial charge on any atom is -0.384 e. The Hall–Kier alpha value is -2.43. The van der Waals surface area contributed by atoms with E-state index in [-0.39, 0.29) is 11.7 Å². The Labute approximate surface area is 116 Å². The molecule has 2 rings (SSSR count). The number of nitrogens with one attached hydrogen (secondary N) is 1. The summed E-state index contributed by atoms with van der Waals surface area (Å²) in [5.74, 6) is -0.162. The molecule has 104 valence electrons. The van der Waals surface area contributed by atoms with Crippen LogP contribution >= 0.6 is 0 Å². The van der Waals surface area contributed by atoms with Crippen LogP contribution in [0.2, 0.25) is 0 Å². The van der Waals surface area contributed by atoms with Gasteiger partial charge >= 0.3 is 0 Å². The Morgan fingerprint density at radius 2 is 2.15 bits per heavy atom. The van der Waals surface area contributed by atoms with Crippen molar-refractivity contribution in [2.24, 2.45) is 0 Å². The topological polar surface area (TPSA) is 68.0 Å². The molecule has 0 aliphatic rings. The molecular weight excluding hydrogens is 257 g/mol. The largest absolute Gasteiger partial charge is 0.384 e. The van der Waals surface area contributed by atoms with E-state index in [0.29, 0.717) is 30.0 Å². The molecule has 0 fully saturated rings. The lowest BCUT2D eigenvalue weighted by Gasteiger charge is -2.07. The van der Waals surface area contributed by atoms with E-state index in [1.807, 2.05) is 6.07 Å². The van der Waals surface area contributed by atoms with Gasteiger partial charge in [-0.05, 0) is 43.2 Å². The molecule has 1 aromatic carbocycles.